The Morgan fingerprint density at radius 3 is 2.40 bits per heavy atom. The van der Waals surface area contributed by atoms with E-state index in [2.05, 4.69) is 0 Å². The van der Waals surface area contributed by atoms with Gasteiger partial charge < -0.3 is 14.2 Å². The number of amides is 1. The van der Waals surface area contributed by atoms with Gasteiger partial charge in [-0.05, 0) is 58.2 Å². The van der Waals surface area contributed by atoms with Gasteiger partial charge in [-0.3, -0.25) is 9.59 Å². The van der Waals surface area contributed by atoms with E-state index in [1.54, 1.807) is 31.4 Å². The number of Topliss-reactive ketones (excluding diaryl/α,β-unsaturated/α-hetero) is 1. The summed E-state index contributed by atoms with van der Waals surface area (Å²) >= 11 is 0. The molecular formula is C23H27FN2O4. The summed E-state index contributed by atoms with van der Waals surface area (Å²) in [5, 5.41) is 0. The van der Waals surface area contributed by atoms with E-state index in [0.717, 1.165) is 12.8 Å². The van der Waals surface area contributed by atoms with E-state index in [-0.39, 0.29) is 30.5 Å². The van der Waals surface area contributed by atoms with E-state index >= 15 is 0 Å². The molecule has 1 aliphatic rings. The first kappa shape index (κ1) is 21.7. The van der Waals surface area contributed by atoms with Gasteiger partial charge in [0.05, 0.1) is 18.7 Å². The molecule has 1 aromatic carbocycles. The molecule has 0 radical (unpaired) electrons. The van der Waals surface area contributed by atoms with Crippen LogP contribution in [-0.4, -0.2) is 46.3 Å². The van der Waals surface area contributed by atoms with E-state index in [1.165, 1.54) is 23.1 Å². The Labute approximate surface area is 175 Å². The van der Waals surface area contributed by atoms with Crippen molar-refractivity contribution >= 4 is 17.7 Å². The quantitative estimate of drug-likeness (QED) is 0.485. The second kappa shape index (κ2) is 8.81. The van der Waals surface area contributed by atoms with Crippen LogP contribution in [0.4, 0.5) is 4.39 Å². The van der Waals surface area contributed by atoms with Gasteiger partial charge in [-0.15, -0.1) is 0 Å². The average molecular weight is 414 g/mol. The highest BCUT2D eigenvalue weighted by Gasteiger charge is 2.36. The van der Waals surface area contributed by atoms with Gasteiger partial charge in [0, 0.05) is 23.8 Å². The molecule has 30 heavy (non-hydrogen) atoms. The third kappa shape index (κ3) is 4.01. The number of carbonyl (C=O) groups excluding carboxylic acids is 3. The van der Waals surface area contributed by atoms with Crippen LogP contribution in [-0.2, 0) is 11.3 Å². The van der Waals surface area contributed by atoms with Gasteiger partial charge >= 0.3 is 5.97 Å². The third-order valence-corrected chi connectivity index (χ3v) is 5.50. The number of rotatable bonds is 8. The van der Waals surface area contributed by atoms with Gasteiger partial charge in [-0.2, -0.15) is 0 Å². The molecule has 0 N–H and O–H groups in total. The molecule has 0 bridgehead atoms. The minimum atomic E-state index is -0.602. The topological polar surface area (TPSA) is 68.6 Å². The average Bonchev–Trinajstić information content (AvgIpc) is 3.51. The molecule has 1 heterocycles. The van der Waals surface area contributed by atoms with Gasteiger partial charge in [0.15, 0.2) is 5.78 Å². The van der Waals surface area contributed by atoms with Crippen molar-refractivity contribution < 1.29 is 23.5 Å². The van der Waals surface area contributed by atoms with Gasteiger partial charge in [-0.1, -0.05) is 12.1 Å². The minimum Gasteiger partial charge on any atom is -0.461 e. The molecule has 1 amide bonds. The van der Waals surface area contributed by atoms with Crippen molar-refractivity contribution in [2.75, 3.05) is 13.2 Å². The van der Waals surface area contributed by atoms with E-state index in [1.807, 2.05) is 6.92 Å². The lowest BCUT2D eigenvalue weighted by Crippen LogP contribution is -2.38. The Hall–Kier alpha value is -2.96. The van der Waals surface area contributed by atoms with Crippen molar-refractivity contribution in [3.63, 3.8) is 0 Å². The number of esters is 1. The Kier molecular flexibility index (Phi) is 6.39. The predicted molar refractivity (Wildman–Crippen MR) is 110 cm³/mol. The van der Waals surface area contributed by atoms with Crippen LogP contribution in [0.5, 0.6) is 0 Å². The molecule has 0 atom stereocenters. The summed E-state index contributed by atoms with van der Waals surface area (Å²) in [4.78, 5) is 40.1. The largest absolute Gasteiger partial charge is 0.461 e. The third-order valence-electron chi connectivity index (χ3n) is 5.50. The fraction of sp³-hybridized carbons (Fsp3) is 0.435. The monoisotopic (exact) mass is 414 g/mol. The van der Waals surface area contributed by atoms with Crippen LogP contribution >= 0.6 is 0 Å². The number of halogens is 1. The van der Waals surface area contributed by atoms with Crippen LogP contribution in [0.25, 0.3) is 0 Å². The Morgan fingerprint density at radius 2 is 1.83 bits per heavy atom. The number of benzene rings is 1. The van der Waals surface area contributed by atoms with E-state index < -0.39 is 17.7 Å². The van der Waals surface area contributed by atoms with Crippen molar-refractivity contribution in [1.82, 2.24) is 9.47 Å². The number of carbonyl (C=O) groups is 3. The number of hydrogen-bond donors (Lipinski definition) is 0. The lowest BCUT2D eigenvalue weighted by Gasteiger charge is -2.22. The van der Waals surface area contributed by atoms with Crippen LogP contribution in [0.2, 0.25) is 0 Å². The summed E-state index contributed by atoms with van der Waals surface area (Å²) in [6.07, 6.45) is 1.57. The number of hydrogen-bond acceptors (Lipinski definition) is 4. The molecule has 1 fully saturated rings. The second-order valence-electron chi connectivity index (χ2n) is 7.47. The molecule has 0 unspecified atom stereocenters. The van der Waals surface area contributed by atoms with Crippen LogP contribution in [0, 0.1) is 19.7 Å². The fourth-order valence-corrected chi connectivity index (χ4v) is 3.94. The first-order chi connectivity index (χ1) is 14.3. The zero-order valence-electron chi connectivity index (χ0n) is 17.8. The maximum atomic E-state index is 14.1. The number of aromatic nitrogens is 1. The summed E-state index contributed by atoms with van der Waals surface area (Å²) in [7, 11) is 0. The molecular weight excluding hydrogens is 387 g/mol. The highest BCUT2D eigenvalue weighted by molar-refractivity contribution is 6.06. The molecule has 0 saturated heterocycles. The Balaban J connectivity index is 1.93. The maximum absolute atomic E-state index is 14.1. The van der Waals surface area contributed by atoms with E-state index in [4.69, 9.17) is 4.74 Å². The molecule has 7 heteroatoms. The lowest BCUT2D eigenvalue weighted by atomic mass is 10.0. The van der Waals surface area contributed by atoms with Gasteiger partial charge in [0.1, 0.15) is 11.5 Å². The number of nitrogens with zero attached hydrogens (tertiary/aromatic N) is 2. The van der Waals surface area contributed by atoms with Crippen LogP contribution in [0.3, 0.4) is 0 Å². The van der Waals surface area contributed by atoms with E-state index in [0.29, 0.717) is 29.1 Å². The summed E-state index contributed by atoms with van der Waals surface area (Å²) in [6.45, 7) is 7.71. The zero-order valence-corrected chi connectivity index (χ0v) is 17.8. The lowest BCUT2D eigenvalue weighted by molar-refractivity contribution is 0.0512. The molecule has 2 aromatic rings. The van der Waals surface area contributed by atoms with Crippen molar-refractivity contribution in [3.8, 4) is 0 Å². The number of ether oxygens (including phenoxy) is 1. The van der Waals surface area contributed by atoms with Gasteiger partial charge in [0.2, 0.25) is 0 Å². The predicted octanol–water partition coefficient (Wildman–Crippen LogP) is 3.93. The number of ketones is 1. The summed E-state index contributed by atoms with van der Waals surface area (Å²) < 4.78 is 21.1. The first-order valence-corrected chi connectivity index (χ1v) is 10.3. The van der Waals surface area contributed by atoms with Crippen LogP contribution in [0.15, 0.2) is 24.3 Å². The molecule has 160 valence electrons. The smallest absolute Gasteiger partial charge is 0.355 e. The maximum Gasteiger partial charge on any atom is 0.355 e. The SMILES string of the molecule is CCOC(=O)c1c(C)c(C(=O)CN(C(=O)c2ccccc2F)C2CC2)c(C)n1CC. The first-order valence-electron chi connectivity index (χ1n) is 10.3. The van der Waals surface area contributed by atoms with Gasteiger partial charge in [-0.25, -0.2) is 9.18 Å². The molecule has 1 aliphatic carbocycles. The standard InChI is InChI=1S/C23H27FN2O4/c1-5-25-15(4)20(14(3)21(25)23(29)30-6-2)19(27)13-26(16-11-12-16)22(28)17-9-7-8-10-18(17)24/h7-10,16H,5-6,11-13H2,1-4H3. The zero-order chi connectivity index (χ0) is 22.0. The minimum absolute atomic E-state index is 0.0380. The van der Waals surface area contributed by atoms with E-state index in [9.17, 15) is 18.8 Å². The van der Waals surface area contributed by atoms with Crippen molar-refractivity contribution in [3.05, 3.63) is 58.2 Å². The molecule has 3 rings (SSSR count). The molecule has 1 aromatic heterocycles. The Morgan fingerprint density at radius 1 is 1.17 bits per heavy atom. The van der Waals surface area contributed by atoms with Crippen LogP contribution in [0.1, 0.15) is 69.2 Å². The fourth-order valence-electron chi connectivity index (χ4n) is 3.94. The van der Waals surface area contributed by atoms with Crippen molar-refractivity contribution in [1.29, 1.82) is 0 Å². The molecule has 6 nitrogen and oxygen atoms in total. The van der Waals surface area contributed by atoms with Crippen LogP contribution < -0.4 is 0 Å². The second-order valence-corrected chi connectivity index (χ2v) is 7.47. The summed E-state index contributed by atoms with van der Waals surface area (Å²) in [5.74, 6) is -1.82. The normalized spacial score (nSPS) is 13.2. The molecule has 0 spiro atoms. The van der Waals surface area contributed by atoms with Crippen molar-refractivity contribution in [2.24, 2.45) is 0 Å². The summed E-state index contributed by atoms with van der Waals surface area (Å²) in [6, 6.07) is 5.72. The van der Waals surface area contributed by atoms with Crippen molar-refractivity contribution in [2.45, 2.75) is 53.1 Å². The van der Waals surface area contributed by atoms with Gasteiger partial charge in [0.25, 0.3) is 5.91 Å². The summed E-state index contributed by atoms with van der Waals surface area (Å²) in [5.41, 5.74) is 1.96. The molecule has 1 saturated carbocycles. The highest BCUT2D eigenvalue weighted by Crippen LogP contribution is 2.30. The molecule has 0 aliphatic heterocycles. The highest BCUT2D eigenvalue weighted by atomic mass is 19.1. The Bertz CT molecular complexity index is 991.